The Morgan fingerprint density at radius 1 is 1.00 bits per heavy atom. The molecule has 2 heterocycles. The summed E-state index contributed by atoms with van der Waals surface area (Å²) in [7, 11) is 2.91. The maximum Gasteiger partial charge on any atom is 0.416 e. The Morgan fingerprint density at radius 3 is 2.13 bits per heavy atom. The van der Waals surface area contributed by atoms with Crippen LogP contribution in [0.3, 0.4) is 0 Å². The van der Waals surface area contributed by atoms with Gasteiger partial charge in [0.25, 0.3) is 5.56 Å². The van der Waals surface area contributed by atoms with Crippen LogP contribution in [0.2, 0.25) is 0 Å². The third kappa shape index (κ3) is 3.79. The lowest BCUT2D eigenvalue weighted by molar-refractivity contribution is -0.137. The topological polar surface area (TPSA) is 65.1 Å². The number of aromatic nitrogens is 4. The quantitative estimate of drug-likeness (QED) is 0.611. The van der Waals surface area contributed by atoms with E-state index in [2.05, 4.69) is 9.88 Å². The number of alkyl halides is 3. The van der Waals surface area contributed by atoms with E-state index < -0.39 is 23.0 Å². The van der Waals surface area contributed by atoms with Crippen LogP contribution in [0.15, 0.2) is 33.9 Å². The van der Waals surface area contributed by atoms with Crippen LogP contribution in [-0.2, 0) is 26.8 Å². The van der Waals surface area contributed by atoms with Gasteiger partial charge in [-0.1, -0.05) is 26.0 Å². The number of aryl methyl sites for hydroxylation is 1. The summed E-state index contributed by atoms with van der Waals surface area (Å²) < 4.78 is 42.8. The molecule has 0 bridgehead atoms. The van der Waals surface area contributed by atoms with E-state index in [0.717, 1.165) is 29.8 Å². The molecular formula is C20H24F3N5O2. The van der Waals surface area contributed by atoms with Crippen molar-refractivity contribution in [1.29, 1.82) is 0 Å². The van der Waals surface area contributed by atoms with Crippen molar-refractivity contribution in [3.05, 3.63) is 50.7 Å². The average Bonchev–Trinajstić information content (AvgIpc) is 3.10. The Morgan fingerprint density at radius 2 is 1.60 bits per heavy atom. The standard InChI is InChI=1S/C20H24F3N5O2/c1-5-27(6-2)11-12-28-15-17(25(3)19(30)26(4)18(15)29)24-16(28)13-7-9-14(10-8-13)20(21,22)23/h7-10H,5-6,11-12H2,1-4H3. The fraction of sp³-hybridized carbons (Fsp3) is 0.450. The zero-order chi connectivity index (χ0) is 22.2. The fourth-order valence-electron chi connectivity index (χ4n) is 3.47. The summed E-state index contributed by atoms with van der Waals surface area (Å²) in [6, 6.07) is 4.64. The lowest BCUT2D eigenvalue weighted by atomic mass is 10.1. The number of imidazole rings is 1. The van der Waals surface area contributed by atoms with E-state index in [1.165, 1.54) is 30.8 Å². The van der Waals surface area contributed by atoms with Crippen LogP contribution >= 0.6 is 0 Å². The van der Waals surface area contributed by atoms with Gasteiger partial charge in [-0.25, -0.2) is 9.78 Å². The second-order valence-corrected chi connectivity index (χ2v) is 7.07. The van der Waals surface area contributed by atoms with Crippen LogP contribution in [0.1, 0.15) is 19.4 Å². The van der Waals surface area contributed by atoms with Gasteiger partial charge in [-0.15, -0.1) is 0 Å². The first-order valence-corrected chi connectivity index (χ1v) is 9.66. The van der Waals surface area contributed by atoms with Crippen molar-refractivity contribution in [3.63, 3.8) is 0 Å². The van der Waals surface area contributed by atoms with E-state index in [9.17, 15) is 22.8 Å². The molecule has 0 saturated carbocycles. The predicted molar refractivity (Wildman–Crippen MR) is 108 cm³/mol. The molecule has 162 valence electrons. The van der Waals surface area contributed by atoms with Crippen molar-refractivity contribution >= 4 is 11.2 Å². The summed E-state index contributed by atoms with van der Waals surface area (Å²) in [6.45, 7) is 6.70. The SMILES string of the molecule is CCN(CC)CCn1c(-c2ccc(C(F)(F)F)cc2)nc2c1c(=O)n(C)c(=O)n2C. The minimum absolute atomic E-state index is 0.206. The second-order valence-electron chi connectivity index (χ2n) is 7.07. The first-order chi connectivity index (χ1) is 14.1. The van der Waals surface area contributed by atoms with Crippen LogP contribution in [0.25, 0.3) is 22.6 Å². The van der Waals surface area contributed by atoms with E-state index in [4.69, 9.17) is 0 Å². The number of hydrogen-bond acceptors (Lipinski definition) is 4. The molecule has 1 aromatic carbocycles. The zero-order valence-corrected chi connectivity index (χ0v) is 17.3. The molecule has 0 spiro atoms. The molecule has 0 atom stereocenters. The Balaban J connectivity index is 2.23. The fourth-order valence-corrected chi connectivity index (χ4v) is 3.47. The van der Waals surface area contributed by atoms with Crippen molar-refractivity contribution in [1.82, 2.24) is 23.6 Å². The minimum atomic E-state index is -4.44. The van der Waals surface area contributed by atoms with Crippen LogP contribution < -0.4 is 11.2 Å². The van der Waals surface area contributed by atoms with Gasteiger partial charge in [0.1, 0.15) is 5.82 Å². The van der Waals surface area contributed by atoms with Gasteiger partial charge in [0.2, 0.25) is 0 Å². The lowest BCUT2D eigenvalue weighted by Gasteiger charge is -2.19. The second kappa shape index (κ2) is 8.10. The van der Waals surface area contributed by atoms with Crippen LogP contribution in [0, 0.1) is 0 Å². The molecule has 10 heteroatoms. The molecule has 0 saturated heterocycles. The summed E-state index contributed by atoms with van der Waals surface area (Å²) in [5.41, 5.74) is -0.869. The van der Waals surface area contributed by atoms with Gasteiger partial charge >= 0.3 is 11.9 Å². The van der Waals surface area contributed by atoms with E-state index in [1.807, 2.05) is 13.8 Å². The number of fused-ring (bicyclic) bond motifs is 1. The molecule has 0 aliphatic rings. The molecule has 30 heavy (non-hydrogen) atoms. The smallest absolute Gasteiger partial charge is 0.317 e. The molecule has 0 N–H and O–H groups in total. The first kappa shape index (κ1) is 21.8. The molecule has 0 unspecified atom stereocenters. The maximum absolute atomic E-state index is 12.9. The van der Waals surface area contributed by atoms with Gasteiger partial charge in [-0.2, -0.15) is 13.2 Å². The third-order valence-electron chi connectivity index (χ3n) is 5.35. The number of nitrogens with zero attached hydrogens (tertiary/aromatic N) is 5. The number of rotatable bonds is 6. The zero-order valence-electron chi connectivity index (χ0n) is 17.3. The average molecular weight is 423 g/mol. The molecule has 0 aliphatic heterocycles. The maximum atomic E-state index is 12.9. The van der Waals surface area contributed by atoms with Crippen molar-refractivity contribution in [2.45, 2.75) is 26.6 Å². The highest BCUT2D eigenvalue weighted by Gasteiger charge is 2.30. The number of benzene rings is 1. The van der Waals surface area contributed by atoms with E-state index in [0.29, 0.717) is 24.5 Å². The number of hydrogen-bond donors (Lipinski definition) is 0. The van der Waals surface area contributed by atoms with Gasteiger partial charge in [-0.3, -0.25) is 13.9 Å². The van der Waals surface area contributed by atoms with Gasteiger partial charge in [-0.05, 0) is 25.2 Å². The Hall–Kier alpha value is -2.88. The monoisotopic (exact) mass is 423 g/mol. The molecular weight excluding hydrogens is 399 g/mol. The van der Waals surface area contributed by atoms with E-state index >= 15 is 0 Å². The largest absolute Gasteiger partial charge is 0.416 e. The number of likely N-dealkylation sites (N-methyl/N-ethyl adjacent to an activating group) is 1. The summed E-state index contributed by atoms with van der Waals surface area (Å²) in [5.74, 6) is 0.351. The summed E-state index contributed by atoms with van der Waals surface area (Å²) >= 11 is 0. The lowest BCUT2D eigenvalue weighted by Crippen LogP contribution is -2.38. The Labute approximate surface area is 171 Å². The molecule has 0 radical (unpaired) electrons. The van der Waals surface area contributed by atoms with Crippen LogP contribution in [0.5, 0.6) is 0 Å². The third-order valence-corrected chi connectivity index (χ3v) is 5.35. The first-order valence-electron chi connectivity index (χ1n) is 9.66. The molecule has 7 nitrogen and oxygen atoms in total. The molecule has 3 aromatic rings. The van der Waals surface area contributed by atoms with Crippen molar-refractivity contribution < 1.29 is 13.2 Å². The molecule has 0 fully saturated rings. The van der Waals surface area contributed by atoms with Crippen molar-refractivity contribution in [3.8, 4) is 11.4 Å². The van der Waals surface area contributed by atoms with Crippen molar-refractivity contribution in [2.24, 2.45) is 14.1 Å². The molecule has 3 rings (SSSR count). The Kier molecular flexibility index (Phi) is 5.89. The van der Waals surface area contributed by atoms with Gasteiger partial charge in [0.05, 0.1) is 5.56 Å². The van der Waals surface area contributed by atoms with Gasteiger partial charge in [0, 0.05) is 32.7 Å². The van der Waals surface area contributed by atoms with Gasteiger partial charge in [0.15, 0.2) is 11.2 Å². The molecule has 0 amide bonds. The normalized spacial score (nSPS) is 12.3. The minimum Gasteiger partial charge on any atom is -0.317 e. The van der Waals surface area contributed by atoms with E-state index in [-0.39, 0.29) is 11.2 Å². The summed E-state index contributed by atoms with van der Waals surface area (Å²) in [4.78, 5) is 31.8. The van der Waals surface area contributed by atoms with Crippen LogP contribution in [-0.4, -0.2) is 43.2 Å². The number of halogens is 3. The highest BCUT2D eigenvalue weighted by Crippen LogP contribution is 2.31. The van der Waals surface area contributed by atoms with E-state index in [1.54, 1.807) is 4.57 Å². The van der Waals surface area contributed by atoms with Crippen LogP contribution in [0.4, 0.5) is 13.2 Å². The predicted octanol–water partition coefficient (Wildman–Crippen LogP) is 2.46. The Bertz CT molecular complexity index is 1170. The molecule has 2 aromatic heterocycles. The molecule has 0 aliphatic carbocycles. The highest BCUT2D eigenvalue weighted by atomic mass is 19.4. The van der Waals surface area contributed by atoms with Crippen molar-refractivity contribution in [2.75, 3.05) is 19.6 Å². The highest BCUT2D eigenvalue weighted by molar-refractivity contribution is 5.77. The van der Waals surface area contributed by atoms with Gasteiger partial charge < -0.3 is 9.47 Å². The summed E-state index contributed by atoms with van der Waals surface area (Å²) in [6.07, 6.45) is -4.44. The summed E-state index contributed by atoms with van der Waals surface area (Å²) in [5, 5.41) is 0.